The molecule has 1 aromatic carbocycles. The molecule has 0 atom stereocenters. The van der Waals surface area contributed by atoms with E-state index in [2.05, 4.69) is 35.8 Å². The van der Waals surface area contributed by atoms with Crippen LogP contribution in [0.25, 0.3) is 11.0 Å². The number of aromatic nitrogens is 4. The van der Waals surface area contributed by atoms with Gasteiger partial charge in [0.05, 0.1) is 28.8 Å². The summed E-state index contributed by atoms with van der Waals surface area (Å²) in [5.74, 6) is 0.440. The van der Waals surface area contributed by atoms with Gasteiger partial charge in [-0.15, -0.1) is 12.4 Å². The van der Waals surface area contributed by atoms with E-state index in [1.807, 2.05) is 18.3 Å². The third-order valence-electron chi connectivity index (χ3n) is 7.45. The second-order valence-electron chi connectivity index (χ2n) is 10.1. The minimum absolute atomic E-state index is 0. The summed E-state index contributed by atoms with van der Waals surface area (Å²) in [5.41, 5.74) is 1.18. The quantitative estimate of drug-likeness (QED) is 0.224. The zero-order valence-electron chi connectivity index (χ0n) is 22.1. The van der Waals surface area contributed by atoms with Crippen LogP contribution in [0.1, 0.15) is 53.3 Å². The van der Waals surface area contributed by atoms with Crippen molar-refractivity contribution < 1.29 is 18.0 Å². The molecule has 1 saturated carbocycles. The number of rotatable bonds is 6. The monoisotopic (exact) mass is 586 g/mol. The maximum absolute atomic E-state index is 13.4. The summed E-state index contributed by atoms with van der Waals surface area (Å²) in [6, 6.07) is 10.4. The van der Waals surface area contributed by atoms with Crippen molar-refractivity contribution in [2.45, 2.75) is 37.8 Å². The number of halogens is 4. The number of alkyl halides is 3. The van der Waals surface area contributed by atoms with Gasteiger partial charge in [0.25, 0.3) is 5.91 Å². The molecule has 3 aromatic heterocycles. The zero-order chi connectivity index (χ0) is 27.7. The number of anilines is 4. The Hall–Kier alpha value is -3.90. The van der Waals surface area contributed by atoms with Crippen molar-refractivity contribution >= 4 is 52.5 Å². The molecular weight excluding hydrogens is 557 g/mol. The van der Waals surface area contributed by atoms with Crippen LogP contribution in [0.3, 0.4) is 0 Å². The Morgan fingerprint density at radius 3 is 2.49 bits per heavy atom. The number of carbonyl (C=O) groups is 1. The fourth-order valence-electron chi connectivity index (χ4n) is 5.43. The summed E-state index contributed by atoms with van der Waals surface area (Å²) >= 11 is 0. The predicted molar refractivity (Wildman–Crippen MR) is 154 cm³/mol. The fourth-order valence-corrected chi connectivity index (χ4v) is 5.43. The SMILES string of the molecule is Cl.O=C(Nc1ccccc1C(F)(F)F)c1cc2c(C3CCCC3)nc(Nc3ccc(N4CCNCC4)cn3)nc2[nH]1. The Labute approximate surface area is 240 Å². The number of piperazine rings is 1. The summed E-state index contributed by atoms with van der Waals surface area (Å²) in [6.07, 6.45) is 1.33. The van der Waals surface area contributed by atoms with E-state index in [0.717, 1.165) is 69.3 Å². The molecule has 0 spiro atoms. The number of para-hydroxylation sites is 1. The molecule has 4 aromatic rings. The first-order chi connectivity index (χ1) is 19.3. The van der Waals surface area contributed by atoms with Crippen LogP contribution in [0, 0.1) is 0 Å². The van der Waals surface area contributed by atoms with Crippen LogP contribution in [0.2, 0.25) is 0 Å². The van der Waals surface area contributed by atoms with Gasteiger partial charge in [0.15, 0.2) is 0 Å². The molecule has 0 unspecified atom stereocenters. The van der Waals surface area contributed by atoms with Crippen LogP contribution in [-0.4, -0.2) is 52.0 Å². The fraction of sp³-hybridized carbons (Fsp3) is 0.357. The predicted octanol–water partition coefficient (Wildman–Crippen LogP) is 5.86. The van der Waals surface area contributed by atoms with Crippen molar-refractivity contribution in [1.29, 1.82) is 0 Å². The van der Waals surface area contributed by atoms with E-state index in [-0.39, 0.29) is 29.7 Å². The average Bonchev–Trinajstić information content (AvgIpc) is 3.64. The molecule has 13 heteroatoms. The van der Waals surface area contributed by atoms with E-state index in [4.69, 9.17) is 4.98 Å². The summed E-state index contributed by atoms with van der Waals surface area (Å²) in [4.78, 5) is 32.3. The van der Waals surface area contributed by atoms with Gasteiger partial charge in [0.2, 0.25) is 5.95 Å². The van der Waals surface area contributed by atoms with Crippen molar-refractivity contribution in [3.05, 3.63) is 65.6 Å². The van der Waals surface area contributed by atoms with Gasteiger partial charge in [-0.05, 0) is 43.2 Å². The van der Waals surface area contributed by atoms with Crippen LogP contribution in [-0.2, 0) is 6.18 Å². The van der Waals surface area contributed by atoms with Crippen LogP contribution >= 0.6 is 12.4 Å². The lowest BCUT2D eigenvalue weighted by Crippen LogP contribution is -2.43. The third kappa shape index (κ3) is 6.23. The Kier molecular flexibility index (Phi) is 8.32. The highest BCUT2D eigenvalue weighted by molar-refractivity contribution is 6.06. The van der Waals surface area contributed by atoms with Gasteiger partial charge in [-0.3, -0.25) is 4.79 Å². The lowest BCUT2D eigenvalue weighted by molar-refractivity contribution is -0.136. The van der Waals surface area contributed by atoms with Crippen LogP contribution in [0.15, 0.2) is 48.7 Å². The number of hydrogen-bond donors (Lipinski definition) is 4. The van der Waals surface area contributed by atoms with Crippen molar-refractivity contribution in [2.75, 3.05) is 41.7 Å². The first-order valence-corrected chi connectivity index (χ1v) is 13.4. The van der Waals surface area contributed by atoms with Crippen molar-refractivity contribution in [1.82, 2.24) is 25.3 Å². The Bertz CT molecular complexity index is 1510. The molecular formula is C28H30ClF3N8O. The largest absolute Gasteiger partial charge is 0.418 e. The van der Waals surface area contributed by atoms with Crippen molar-refractivity contribution in [2.24, 2.45) is 0 Å². The first-order valence-electron chi connectivity index (χ1n) is 13.4. The molecule has 0 bridgehead atoms. The van der Waals surface area contributed by atoms with E-state index in [0.29, 0.717) is 22.8 Å². The first kappa shape index (κ1) is 28.6. The smallest absolute Gasteiger partial charge is 0.368 e. The minimum atomic E-state index is -4.59. The standard InChI is InChI=1S/C28H29F3N8O.ClH/c29-28(30,31)20-7-3-4-8-21(20)35-26(40)22-15-19-24(17-5-1-2-6-17)37-27(38-25(19)34-22)36-23-10-9-18(16-33-23)39-13-11-32-12-14-39;/h3-4,7-10,15-17,32H,1-2,5-6,11-14H2,(H,35,40)(H2,33,34,36,37,38);1H. The number of H-pyrrole nitrogens is 1. The molecule has 1 aliphatic carbocycles. The van der Waals surface area contributed by atoms with Gasteiger partial charge < -0.3 is 25.8 Å². The van der Waals surface area contributed by atoms with Gasteiger partial charge in [0, 0.05) is 37.5 Å². The molecule has 216 valence electrons. The van der Waals surface area contributed by atoms with Crippen molar-refractivity contribution in [3.63, 3.8) is 0 Å². The number of nitrogens with zero attached hydrogens (tertiary/aromatic N) is 4. The summed E-state index contributed by atoms with van der Waals surface area (Å²) in [6.45, 7) is 3.71. The maximum atomic E-state index is 13.4. The topological polar surface area (TPSA) is 111 Å². The molecule has 41 heavy (non-hydrogen) atoms. The average molecular weight is 587 g/mol. The van der Waals surface area contributed by atoms with Crippen LogP contribution in [0.5, 0.6) is 0 Å². The highest BCUT2D eigenvalue weighted by atomic mass is 35.5. The van der Waals surface area contributed by atoms with Gasteiger partial charge >= 0.3 is 6.18 Å². The van der Waals surface area contributed by atoms with E-state index in [1.165, 1.54) is 18.2 Å². The van der Waals surface area contributed by atoms with Crippen molar-refractivity contribution in [3.8, 4) is 0 Å². The summed E-state index contributed by atoms with van der Waals surface area (Å²) in [7, 11) is 0. The van der Waals surface area contributed by atoms with Gasteiger partial charge in [-0.2, -0.15) is 18.2 Å². The third-order valence-corrected chi connectivity index (χ3v) is 7.45. The Morgan fingerprint density at radius 1 is 1.02 bits per heavy atom. The van der Waals surface area contributed by atoms with Gasteiger partial charge in [0.1, 0.15) is 17.2 Å². The molecule has 1 aliphatic heterocycles. The zero-order valence-corrected chi connectivity index (χ0v) is 22.9. The number of fused-ring (bicyclic) bond motifs is 1. The lowest BCUT2D eigenvalue weighted by atomic mass is 10.0. The summed E-state index contributed by atoms with van der Waals surface area (Å²) < 4.78 is 40.3. The lowest BCUT2D eigenvalue weighted by Gasteiger charge is -2.29. The van der Waals surface area contributed by atoms with Gasteiger partial charge in [-0.1, -0.05) is 25.0 Å². The van der Waals surface area contributed by atoms with E-state index < -0.39 is 17.6 Å². The number of hydrogen-bond acceptors (Lipinski definition) is 7. The van der Waals surface area contributed by atoms with Gasteiger partial charge in [-0.25, -0.2) is 9.97 Å². The number of pyridine rings is 1. The molecule has 2 fully saturated rings. The normalized spacial score (nSPS) is 16.0. The number of aromatic amines is 1. The highest BCUT2D eigenvalue weighted by Gasteiger charge is 2.34. The number of amides is 1. The van der Waals surface area contributed by atoms with Crippen LogP contribution < -0.4 is 20.9 Å². The second-order valence-corrected chi connectivity index (χ2v) is 10.1. The molecule has 0 radical (unpaired) electrons. The second kappa shape index (κ2) is 11.9. The number of carbonyl (C=O) groups excluding carboxylic acids is 1. The minimum Gasteiger partial charge on any atom is -0.368 e. The number of nitrogens with one attached hydrogen (secondary N) is 4. The molecule has 9 nitrogen and oxygen atoms in total. The molecule has 1 saturated heterocycles. The Morgan fingerprint density at radius 2 is 1.78 bits per heavy atom. The van der Waals surface area contributed by atoms with E-state index in [1.54, 1.807) is 6.07 Å². The number of benzene rings is 1. The van der Waals surface area contributed by atoms with E-state index in [9.17, 15) is 18.0 Å². The Balaban J connectivity index is 0.00000337. The molecule has 2 aliphatic rings. The molecule has 1 amide bonds. The van der Waals surface area contributed by atoms with E-state index >= 15 is 0 Å². The molecule has 6 rings (SSSR count). The maximum Gasteiger partial charge on any atom is 0.418 e. The highest BCUT2D eigenvalue weighted by Crippen LogP contribution is 2.38. The van der Waals surface area contributed by atoms with Crippen LogP contribution in [0.4, 0.5) is 36.3 Å². The molecule has 4 N–H and O–H groups in total. The molecule has 4 heterocycles. The summed E-state index contributed by atoms with van der Waals surface area (Å²) in [5, 5.41) is 9.61.